The van der Waals surface area contributed by atoms with Gasteiger partial charge in [0.05, 0.1) is 13.4 Å². The van der Waals surface area contributed by atoms with E-state index in [1.54, 1.807) is 12.3 Å². The summed E-state index contributed by atoms with van der Waals surface area (Å²) in [4.78, 5) is 11.0. The fourth-order valence-electron chi connectivity index (χ4n) is 1.65. The van der Waals surface area contributed by atoms with Crippen molar-refractivity contribution >= 4 is 5.97 Å². The second kappa shape index (κ2) is 6.64. The van der Waals surface area contributed by atoms with Crippen molar-refractivity contribution in [2.75, 3.05) is 7.11 Å². The molecule has 1 heterocycles. The van der Waals surface area contributed by atoms with E-state index in [0.717, 1.165) is 11.3 Å². The van der Waals surface area contributed by atoms with E-state index in [1.165, 1.54) is 7.11 Å². The molecule has 1 unspecified atom stereocenters. The Morgan fingerprint density at radius 3 is 2.68 bits per heavy atom. The molecule has 0 N–H and O–H groups in total. The van der Waals surface area contributed by atoms with Crippen LogP contribution in [0.4, 0.5) is 0 Å². The first-order valence-corrected chi connectivity index (χ1v) is 6.09. The fraction of sp³-hybridized carbons (Fsp3) is 0.267. The topological polar surface area (TPSA) is 44.8 Å². The molecule has 1 aromatic rings. The highest BCUT2D eigenvalue weighted by atomic mass is 16.7. The van der Waals surface area contributed by atoms with E-state index in [4.69, 9.17) is 9.47 Å². The molecule has 0 aliphatic carbocycles. The molecule has 19 heavy (non-hydrogen) atoms. The summed E-state index contributed by atoms with van der Waals surface area (Å²) in [5.41, 5.74) is 1.07. The van der Waals surface area contributed by atoms with Gasteiger partial charge in [-0.15, -0.1) is 0 Å². The van der Waals surface area contributed by atoms with Crippen LogP contribution >= 0.6 is 0 Å². The number of carbonyl (C=O) groups excluding carboxylic acids is 1. The number of methoxy groups -OCH3 is 1. The van der Waals surface area contributed by atoms with Gasteiger partial charge in [0.1, 0.15) is 5.75 Å². The summed E-state index contributed by atoms with van der Waals surface area (Å²) in [7, 11) is 1.39. The van der Waals surface area contributed by atoms with E-state index in [1.807, 2.05) is 36.4 Å². The molecule has 0 spiro atoms. The van der Waals surface area contributed by atoms with Gasteiger partial charge < -0.3 is 14.2 Å². The van der Waals surface area contributed by atoms with E-state index in [0.29, 0.717) is 12.8 Å². The van der Waals surface area contributed by atoms with Crippen LogP contribution in [0.1, 0.15) is 12.0 Å². The maximum Gasteiger partial charge on any atom is 0.305 e. The average molecular weight is 260 g/mol. The molecule has 0 aromatic heterocycles. The van der Waals surface area contributed by atoms with Crippen molar-refractivity contribution in [1.82, 2.24) is 0 Å². The Labute approximate surface area is 112 Å². The average Bonchev–Trinajstić information content (AvgIpc) is 2.47. The van der Waals surface area contributed by atoms with E-state index in [-0.39, 0.29) is 12.3 Å². The predicted octanol–water partition coefficient (Wildman–Crippen LogP) is 2.60. The lowest BCUT2D eigenvalue weighted by Crippen LogP contribution is -2.16. The quantitative estimate of drug-likeness (QED) is 0.763. The van der Waals surface area contributed by atoms with Gasteiger partial charge in [-0.05, 0) is 36.3 Å². The SMILES string of the molecule is COC(=O)CCc1ccc(OC2C=CC=CO2)cc1. The normalized spacial score (nSPS) is 16.8. The zero-order valence-corrected chi connectivity index (χ0v) is 10.7. The summed E-state index contributed by atoms with van der Waals surface area (Å²) in [5, 5.41) is 0. The van der Waals surface area contributed by atoms with Crippen LogP contribution in [-0.2, 0) is 20.7 Å². The van der Waals surface area contributed by atoms with Crippen molar-refractivity contribution in [3.05, 3.63) is 54.3 Å². The first kappa shape index (κ1) is 13.2. The van der Waals surface area contributed by atoms with Gasteiger partial charge in [-0.25, -0.2) is 0 Å². The van der Waals surface area contributed by atoms with Crippen LogP contribution in [0.5, 0.6) is 5.75 Å². The largest absolute Gasteiger partial charge is 0.469 e. The lowest BCUT2D eigenvalue weighted by molar-refractivity contribution is -0.140. The molecule has 1 aromatic carbocycles. The van der Waals surface area contributed by atoms with Gasteiger partial charge in [0.2, 0.25) is 0 Å². The van der Waals surface area contributed by atoms with E-state index in [9.17, 15) is 4.79 Å². The standard InChI is InChI=1S/C15H16O4/c1-17-14(16)10-7-12-5-8-13(9-6-12)19-15-4-2-3-11-18-15/h2-6,8-9,11,15H,7,10H2,1H3. The molecule has 0 saturated carbocycles. The van der Waals surface area contributed by atoms with Crippen LogP contribution in [0.15, 0.2) is 48.8 Å². The number of hydrogen-bond donors (Lipinski definition) is 0. The third kappa shape index (κ3) is 4.17. The van der Waals surface area contributed by atoms with Crippen molar-refractivity contribution in [3.8, 4) is 5.75 Å². The van der Waals surface area contributed by atoms with E-state index in [2.05, 4.69) is 4.74 Å². The molecule has 1 atom stereocenters. The number of benzene rings is 1. The zero-order chi connectivity index (χ0) is 13.5. The van der Waals surface area contributed by atoms with Gasteiger partial charge in [-0.1, -0.05) is 18.2 Å². The second-order valence-corrected chi connectivity index (χ2v) is 4.06. The maximum atomic E-state index is 11.0. The third-order valence-corrected chi connectivity index (χ3v) is 2.69. The minimum absolute atomic E-state index is 0.201. The first-order chi connectivity index (χ1) is 9.28. The number of ether oxygens (including phenoxy) is 3. The van der Waals surface area contributed by atoms with Crippen molar-refractivity contribution in [2.45, 2.75) is 19.1 Å². The maximum absolute atomic E-state index is 11.0. The van der Waals surface area contributed by atoms with Crippen molar-refractivity contribution < 1.29 is 19.0 Å². The van der Waals surface area contributed by atoms with Crippen molar-refractivity contribution in [3.63, 3.8) is 0 Å². The molecule has 0 bridgehead atoms. The molecular weight excluding hydrogens is 244 g/mol. The Morgan fingerprint density at radius 2 is 2.05 bits per heavy atom. The number of rotatable bonds is 5. The summed E-state index contributed by atoms with van der Waals surface area (Å²) < 4.78 is 15.5. The Bertz CT molecular complexity index is 473. The van der Waals surface area contributed by atoms with Gasteiger partial charge in [0, 0.05) is 6.42 Å². The van der Waals surface area contributed by atoms with E-state index >= 15 is 0 Å². The monoisotopic (exact) mass is 260 g/mol. The minimum atomic E-state index is -0.383. The fourth-order valence-corrected chi connectivity index (χ4v) is 1.65. The van der Waals surface area contributed by atoms with Crippen LogP contribution in [0.2, 0.25) is 0 Å². The lowest BCUT2D eigenvalue weighted by atomic mass is 10.1. The Kier molecular flexibility index (Phi) is 4.61. The molecule has 1 aliphatic heterocycles. The van der Waals surface area contributed by atoms with Gasteiger partial charge in [-0.2, -0.15) is 0 Å². The summed E-state index contributed by atoms with van der Waals surface area (Å²) in [5.74, 6) is 0.527. The molecule has 2 rings (SSSR count). The van der Waals surface area contributed by atoms with Crippen LogP contribution in [0.3, 0.4) is 0 Å². The molecule has 4 heteroatoms. The molecular formula is C15H16O4. The molecule has 100 valence electrons. The van der Waals surface area contributed by atoms with Crippen LogP contribution in [0.25, 0.3) is 0 Å². The molecule has 4 nitrogen and oxygen atoms in total. The van der Waals surface area contributed by atoms with E-state index < -0.39 is 0 Å². The molecule has 0 saturated heterocycles. The van der Waals surface area contributed by atoms with Crippen LogP contribution < -0.4 is 4.74 Å². The van der Waals surface area contributed by atoms with Gasteiger partial charge in [-0.3, -0.25) is 4.79 Å². The third-order valence-electron chi connectivity index (χ3n) is 2.69. The Morgan fingerprint density at radius 1 is 1.26 bits per heavy atom. The van der Waals surface area contributed by atoms with Crippen LogP contribution in [-0.4, -0.2) is 19.4 Å². The van der Waals surface area contributed by atoms with Crippen molar-refractivity contribution in [1.29, 1.82) is 0 Å². The minimum Gasteiger partial charge on any atom is -0.469 e. The first-order valence-electron chi connectivity index (χ1n) is 6.09. The zero-order valence-electron chi connectivity index (χ0n) is 10.7. The highest BCUT2D eigenvalue weighted by Crippen LogP contribution is 2.17. The number of aryl methyl sites for hydroxylation is 1. The molecule has 0 amide bonds. The Balaban J connectivity index is 1.85. The predicted molar refractivity (Wildman–Crippen MR) is 70.6 cm³/mol. The van der Waals surface area contributed by atoms with Crippen LogP contribution in [0, 0.1) is 0 Å². The molecule has 0 radical (unpaired) electrons. The number of carbonyl (C=O) groups is 1. The summed E-state index contributed by atoms with van der Waals surface area (Å²) >= 11 is 0. The lowest BCUT2D eigenvalue weighted by Gasteiger charge is -2.16. The van der Waals surface area contributed by atoms with Gasteiger partial charge in [0.15, 0.2) is 0 Å². The van der Waals surface area contributed by atoms with Crippen molar-refractivity contribution in [2.24, 2.45) is 0 Å². The highest BCUT2D eigenvalue weighted by molar-refractivity contribution is 5.69. The number of esters is 1. The Hall–Kier alpha value is -2.23. The number of hydrogen-bond acceptors (Lipinski definition) is 4. The highest BCUT2D eigenvalue weighted by Gasteiger charge is 2.07. The summed E-state index contributed by atoms with van der Waals surface area (Å²) in [6, 6.07) is 7.59. The molecule has 1 aliphatic rings. The van der Waals surface area contributed by atoms with Gasteiger partial charge in [0.25, 0.3) is 6.29 Å². The smallest absolute Gasteiger partial charge is 0.305 e. The second-order valence-electron chi connectivity index (χ2n) is 4.06. The van der Waals surface area contributed by atoms with Gasteiger partial charge >= 0.3 is 5.97 Å². The summed E-state index contributed by atoms with van der Waals surface area (Å²) in [6.45, 7) is 0. The number of allylic oxidation sites excluding steroid dienone is 2. The summed E-state index contributed by atoms with van der Waals surface area (Å²) in [6.07, 6.45) is 7.76. The molecule has 0 fully saturated rings.